The Labute approximate surface area is 164 Å². The van der Waals surface area contributed by atoms with Gasteiger partial charge in [-0.3, -0.25) is 0 Å². The van der Waals surface area contributed by atoms with Crippen molar-refractivity contribution >= 4 is 16.1 Å². The predicted octanol–water partition coefficient (Wildman–Crippen LogP) is 4.18. The van der Waals surface area contributed by atoms with Crippen LogP contribution in [-0.4, -0.2) is 29.4 Å². The van der Waals surface area contributed by atoms with Gasteiger partial charge in [-0.2, -0.15) is 9.29 Å². The van der Waals surface area contributed by atoms with Gasteiger partial charge in [-0.05, 0) is 31.4 Å². The second-order valence-corrected chi connectivity index (χ2v) is 8.62. The molecule has 0 amide bonds. The van der Waals surface area contributed by atoms with E-state index >= 15 is 0 Å². The standard InChI is InChI=1S/C21H21N3O3S/c1-16-9-11-18(12-10-16)20-22-21(27-23-20)19-8-5-14-24(19)28(25,26)15-13-17-6-3-2-4-7-17/h2-4,6-7,9-13,15,19H,5,8,14H2,1H3. The van der Waals surface area contributed by atoms with E-state index in [2.05, 4.69) is 10.1 Å². The highest BCUT2D eigenvalue weighted by Crippen LogP contribution is 2.34. The van der Waals surface area contributed by atoms with Crippen molar-refractivity contribution in [1.29, 1.82) is 0 Å². The second-order valence-electron chi connectivity index (χ2n) is 6.85. The molecule has 0 aliphatic carbocycles. The largest absolute Gasteiger partial charge is 0.337 e. The van der Waals surface area contributed by atoms with E-state index in [0.29, 0.717) is 24.7 Å². The summed E-state index contributed by atoms with van der Waals surface area (Å²) in [4.78, 5) is 4.47. The van der Waals surface area contributed by atoms with E-state index in [1.54, 1.807) is 6.08 Å². The third kappa shape index (κ3) is 3.90. The molecule has 1 atom stereocenters. The number of rotatable bonds is 5. The smallest absolute Gasteiger partial charge is 0.245 e. The fourth-order valence-corrected chi connectivity index (χ4v) is 4.71. The van der Waals surface area contributed by atoms with Gasteiger partial charge in [0, 0.05) is 17.5 Å². The van der Waals surface area contributed by atoms with Crippen molar-refractivity contribution in [3.8, 4) is 11.4 Å². The van der Waals surface area contributed by atoms with Crippen molar-refractivity contribution < 1.29 is 12.9 Å². The van der Waals surface area contributed by atoms with Crippen molar-refractivity contribution in [2.45, 2.75) is 25.8 Å². The summed E-state index contributed by atoms with van der Waals surface area (Å²) in [5, 5.41) is 5.29. The van der Waals surface area contributed by atoms with E-state index in [1.165, 1.54) is 9.71 Å². The Morgan fingerprint density at radius 1 is 1.11 bits per heavy atom. The first-order chi connectivity index (χ1) is 13.5. The molecule has 0 saturated carbocycles. The lowest BCUT2D eigenvalue weighted by molar-refractivity contribution is 0.292. The van der Waals surface area contributed by atoms with Crippen molar-refractivity contribution in [2.75, 3.05) is 6.54 Å². The topological polar surface area (TPSA) is 76.3 Å². The predicted molar refractivity (Wildman–Crippen MR) is 108 cm³/mol. The number of nitrogens with zero attached hydrogens (tertiary/aromatic N) is 3. The maximum absolute atomic E-state index is 12.9. The lowest BCUT2D eigenvalue weighted by Gasteiger charge is -2.19. The van der Waals surface area contributed by atoms with Gasteiger partial charge in [-0.1, -0.05) is 65.3 Å². The molecule has 144 valence electrons. The Balaban J connectivity index is 1.57. The van der Waals surface area contributed by atoms with Crippen molar-refractivity contribution in [1.82, 2.24) is 14.4 Å². The van der Waals surface area contributed by atoms with E-state index < -0.39 is 16.1 Å². The van der Waals surface area contributed by atoms with Crippen LogP contribution in [0, 0.1) is 6.92 Å². The molecule has 1 aromatic heterocycles. The fourth-order valence-electron chi connectivity index (χ4n) is 3.29. The molecule has 1 aliphatic heterocycles. The van der Waals surface area contributed by atoms with E-state index in [0.717, 1.165) is 23.1 Å². The molecule has 3 aromatic rings. The molecule has 0 radical (unpaired) electrons. The van der Waals surface area contributed by atoms with Crippen molar-refractivity contribution in [3.05, 3.63) is 77.0 Å². The highest BCUT2D eigenvalue weighted by molar-refractivity contribution is 7.92. The van der Waals surface area contributed by atoms with Crippen molar-refractivity contribution in [3.63, 3.8) is 0 Å². The molecule has 1 saturated heterocycles. The number of aromatic nitrogens is 2. The van der Waals surface area contributed by atoms with Gasteiger partial charge in [-0.15, -0.1) is 0 Å². The van der Waals surface area contributed by atoms with Crippen LogP contribution in [0.3, 0.4) is 0 Å². The van der Waals surface area contributed by atoms with Gasteiger partial charge in [0.1, 0.15) is 6.04 Å². The van der Waals surface area contributed by atoms with Crippen LogP contribution < -0.4 is 0 Å². The van der Waals surface area contributed by atoms with Gasteiger partial charge in [0.05, 0.1) is 0 Å². The molecular weight excluding hydrogens is 374 g/mol. The van der Waals surface area contributed by atoms with Gasteiger partial charge in [0.25, 0.3) is 0 Å². The number of benzene rings is 2. The normalized spacial score (nSPS) is 18.1. The zero-order valence-electron chi connectivity index (χ0n) is 15.5. The van der Waals surface area contributed by atoms with E-state index in [-0.39, 0.29) is 0 Å². The molecule has 6 nitrogen and oxygen atoms in total. The third-order valence-corrected chi connectivity index (χ3v) is 6.37. The SMILES string of the molecule is Cc1ccc(-c2noc(C3CCCN3S(=O)(=O)C=Cc3ccccc3)n2)cc1. The van der Waals surface area contributed by atoms with Gasteiger partial charge in [-0.25, -0.2) is 8.42 Å². The Bertz CT molecular complexity index is 1070. The van der Waals surface area contributed by atoms with Gasteiger partial charge >= 0.3 is 0 Å². The van der Waals surface area contributed by atoms with Gasteiger partial charge < -0.3 is 4.52 Å². The molecule has 2 aromatic carbocycles. The maximum Gasteiger partial charge on any atom is 0.245 e. The second kappa shape index (κ2) is 7.69. The zero-order chi connectivity index (χ0) is 19.6. The van der Waals surface area contributed by atoms with Crippen molar-refractivity contribution in [2.24, 2.45) is 0 Å². The summed E-state index contributed by atoms with van der Waals surface area (Å²) in [7, 11) is -3.59. The average molecular weight is 395 g/mol. The lowest BCUT2D eigenvalue weighted by atomic mass is 10.1. The van der Waals surface area contributed by atoms with Gasteiger partial charge in [0.15, 0.2) is 0 Å². The lowest BCUT2D eigenvalue weighted by Crippen LogP contribution is -2.29. The third-order valence-electron chi connectivity index (χ3n) is 4.80. The van der Waals surface area contributed by atoms with Crippen LogP contribution >= 0.6 is 0 Å². The van der Waals surface area contributed by atoms with Crippen LogP contribution in [0.25, 0.3) is 17.5 Å². The number of hydrogen-bond donors (Lipinski definition) is 0. The summed E-state index contributed by atoms with van der Waals surface area (Å²) < 4.78 is 32.6. The van der Waals surface area contributed by atoms with Crippen LogP contribution in [0.15, 0.2) is 64.5 Å². The molecule has 1 unspecified atom stereocenters. The molecule has 2 heterocycles. The number of hydrogen-bond acceptors (Lipinski definition) is 5. The fraction of sp³-hybridized carbons (Fsp3) is 0.238. The van der Waals surface area contributed by atoms with Gasteiger partial charge in [0.2, 0.25) is 21.7 Å². The summed E-state index contributed by atoms with van der Waals surface area (Å²) in [6.45, 7) is 2.45. The maximum atomic E-state index is 12.9. The summed E-state index contributed by atoms with van der Waals surface area (Å²) >= 11 is 0. The van der Waals surface area contributed by atoms with Crippen LogP contribution in [0.4, 0.5) is 0 Å². The molecule has 28 heavy (non-hydrogen) atoms. The number of aryl methyl sites for hydroxylation is 1. The molecule has 1 fully saturated rings. The zero-order valence-corrected chi connectivity index (χ0v) is 16.3. The molecular formula is C21H21N3O3S. The summed E-state index contributed by atoms with van der Waals surface area (Å²) in [5.74, 6) is 0.809. The summed E-state index contributed by atoms with van der Waals surface area (Å²) in [5.41, 5.74) is 2.82. The monoisotopic (exact) mass is 395 g/mol. The molecule has 0 spiro atoms. The minimum Gasteiger partial charge on any atom is -0.337 e. The van der Waals surface area contributed by atoms with Crippen LogP contribution in [0.1, 0.15) is 35.9 Å². The molecule has 7 heteroatoms. The Morgan fingerprint density at radius 3 is 2.61 bits per heavy atom. The first kappa shape index (κ1) is 18.6. The molecule has 4 rings (SSSR count). The van der Waals surface area contributed by atoms with E-state index in [4.69, 9.17) is 4.52 Å². The quantitative estimate of drug-likeness (QED) is 0.648. The van der Waals surface area contributed by atoms with Crippen LogP contribution in [-0.2, 0) is 10.0 Å². The Morgan fingerprint density at radius 2 is 1.86 bits per heavy atom. The molecule has 0 bridgehead atoms. The molecule has 0 N–H and O–H groups in total. The minimum absolute atomic E-state index is 0.338. The van der Waals surface area contributed by atoms with E-state index in [1.807, 2.05) is 61.5 Å². The Kier molecular flexibility index (Phi) is 5.11. The number of sulfonamides is 1. The molecule has 1 aliphatic rings. The Hall–Kier alpha value is -2.77. The average Bonchev–Trinajstić information content (AvgIpc) is 3.37. The highest BCUT2D eigenvalue weighted by atomic mass is 32.2. The summed E-state index contributed by atoms with van der Waals surface area (Å²) in [6.07, 6.45) is 3.02. The van der Waals surface area contributed by atoms with E-state index in [9.17, 15) is 8.42 Å². The first-order valence-electron chi connectivity index (χ1n) is 9.18. The minimum atomic E-state index is -3.59. The first-order valence-corrected chi connectivity index (χ1v) is 10.7. The highest BCUT2D eigenvalue weighted by Gasteiger charge is 2.37. The van der Waals surface area contributed by atoms with Crippen LogP contribution in [0.5, 0.6) is 0 Å². The summed E-state index contributed by atoms with van der Waals surface area (Å²) in [6, 6.07) is 16.7. The van der Waals surface area contributed by atoms with Crippen LogP contribution in [0.2, 0.25) is 0 Å².